The molecule has 4 aromatic rings. The van der Waals surface area contributed by atoms with Crippen LogP contribution in [-0.2, 0) is 6.42 Å². The first-order valence-electron chi connectivity index (χ1n) is 8.43. The summed E-state index contributed by atoms with van der Waals surface area (Å²) in [4.78, 5) is 4.00. The molecule has 2 N–H and O–H groups in total. The molecular formula is C20H13Cl2FN4O2. The van der Waals surface area contributed by atoms with E-state index in [4.69, 9.17) is 38.1 Å². The first kappa shape index (κ1) is 19.2. The maximum absolute atomic E-state index is 15.1. The number of hydrogen-bond donors (Lipinski definition) is 1. The van der Waals surface area contributed by atoms with Gasteiger partial charge in [0.05, 0.1) is 17.0 Å². The summed E-state index contributed by atoms with van der Waals surface area (Å²) < 4.78 is 26.3. The summed E-state index contributed by atoms with van der Waals surface area (Å²) in [6.07, 6.45) is 3.30. The maximum Gasteiger partial charge on any atom is 0.249 e. The Morgan fingerprint density at radius 1 is 1.10 bits per heavy atom. The van der Waals surface area contributed by atoms with E-state index in [1.165, 1.54) is 24.3 Å². The Hall–Kier alpha value is -3.16. The number of benzene rings is 2. The molecule has 0 atom stereocenters. The highest BCUT2D eigenvalue weighted by atomic mass is 35.5. The molecule has 2 heterocycles. The molecule has 0 aliphatic rings. The molecule has 2 aromatic carbocycles. The number of ether oxygens (including phenoxy) is 1. The highest BCUT2D eigenvalue weighted by molar-refractivity contribution is 6.32. The average molecular weight is 431 g/mol. The lowest BCUT2D eigenvalue weighted by molar-refractivity contribution is 0.437. The topological polar surface area (TPSA) is 87.1 Å². The van der Waals surface area contributed by atoms with Gasteiger partial charge in [0.1, 0.15) is 5.75 Å². The molecule has 0 amide bonds. The van der Waals surface area contributed by atoms with Crippen LogP contribution in [0.25, 0.3) is 11.5 Å². The molecule has 0 spiro atoms. The Morgan fingerprint density at radius 2 is 1.97 bits per heavy atom. The summed E-state index contributed by atoms with van der Waals surface area (Å²) in [5.74, 6) is 0.0241. The molecular weight excluding hydrogens is 418 g/mol. The molecule has 4 rings (SSSR count). The number of nitrogen functional groups attached to an aromatic ring is 1. The number of halogens is 3. The third kappa shape index (κ3) is 4.31. The lowest BCUT2D eigenvalue weighted by Crippen LogP contribution is -1.98. The molecule has 0 aliphatic heterocycles. The van der Waals surface area contributed by atoms with E-state index in [2.05, 4.69) is 15.2 Å². The van der Waals surface area contributed by atoms with Crippen molar-refractivity contribution in [3.05, 3.63) is 82.2 Å². The van der Waals surface area contributed by atoms with Crippen molar-refractivity contribution in [3.8, 4) is 23.0 Å². The van der Waals surface area contributed by atoms with Crippen LogP contribution < -0.4 is 10.5 Å². The second-order valence-corrected chi connectivity index (χ2v) is 6.94. The Kier molecular flexibility index (Phi) is 5.33. The van der Waals surface area contributed by atoms with Gasteiger partial charge < -0.3 is 14.9 Å². The fraction of sp³-hybridized carbons (Fsp3) is 0.0500. The van der Waals surface area contributed by atoms with Crippen LogP contribution in [0.1, 0.15) is 11.5 Å². The Bertz CT molecular complexity index is 1150. The molecule has 146 valence electrons. The van der Waals surface area contributed by atoms with Gasteiger partial charge in [0.25, 0.3) is 0 Å². The molecule has 0 aliphatic carbocycles. The van der Waals surface area contributed by atoms with E-state index in [1.807, 2.05) is 0 Å². The van der Waals surface area contributed by atoms with E-state index < -0.39 is 5.82 Å². The van der Waals surface area contributed by atoms with E-state index in [0.29, 0.717) is 22.2 Å². The first-order valence-corrected chi connectivity index (χ1v) is 9.19. The molecule has 0 radical (unpaired) electrons. The van der Waals surface area contributed by atoms with Crippen LogP contribution in [0.15, 0.2) is 59.3 Å². The van der Waals surface area contributed by atoms with Crippen molar-refractivity contribution in [2.75, 3.05) is 5.73 Å². The molecule has 0 fully saturated rings. The number of rotatable bonds is 5. The highest BCUT2D eigenvalue weighted by Gasteiger charge is 2.18. The number of anilines is 1. The van der Waals surface area contributed by atoms with Crippen LogP contribution >= 0.6 is 23.2 Å². The fourth-order valence-electron chi connectivity index (χ4n) is 2.66. The zero-order valence-corrected chi connectivity index (χ0v) is 16.3. The smallest absolute Gasteiger partial charge is 0.249 e. The van der Waals surface area contributed by atoms with Gasteiger partial charge in [0.15, 0.2) is 11.6 Å². The summed E-state index contributed by atoms with van der Waals surface area (Å²) in [5.41, 5.74) is 7.08. The summed E-state index contributed by atoms with van der Waals surface area (Å²) in [6.45, 7) is 0. The standard InChI is InChI=1S/C20H13Cl2FN4O2/c21-13-7-14(24)9-15(8-13)28-19-16(22)4-3-11(18(19)23)6-17-26-27-20(29-17)12-2-1-5-25-10-12/h1-5,7-10H,6,24H2. The van der Waals surface area contributed by atoms with E-state index in [0.717, 1.165) is 0 Å². The van der Waals surface area contributed by atoms with E-state index in [9.17, 15) is 0 Å². The van der Waals surface area contributed by atoms with Crippen molar-refractivity contribution < 1.29 is 13.5 Å². The largest absolute Gasteiger partial charge is 0.453 e. The molecule has 29 heavy (non-hydrogen) atoms. The monoisotopic (exact) mass is 430 g/mol. The van der Waals surface area contributed by atoms with Crippen LogP contribution in [0.5, 0.6) is 11.5 Å². The van der Waals surface area contributed by atoms with Gasteiger partial charge in [-0.3, -0.25) is 4.98 Å². The lowest BCUT2D eigenvalue weighted by atomic mass is 10.1. The van der Waals surface area contributed by atoms with Crippen molar-refractivity contribution in [3.63, 3.8) is 0 Å². The third-order valence-corrected chi connectivity index (χ3v) is 4.48. The zero-order chi connectivity index (χ0) is 20.4. The van der Waals surface area contributed by atoms with Crippen molar-refractivity contribution in [2.24, 2.45) is 0 Å². The van der Waals surface area contributed by atoms with Crippen LogP contribution in [0, 0.1) is 5.82 Å². The maximum atomic E-state index is 15.1. The zero-order valence-electron chi connectivity index (χ0n) is 14.8. The van der Waals surface area contributed by atoms with Gasteiger partial charge in [-0.15, -0.1) is 10.2 Å². The summed E-state index contributed by atoms with van der Waals surface area (Å²) in [5, 5.41) is 8.41. The number of hydrogen-bond acceptors (Lipinski definition) is 6. The summed E-state index contributed by atoms with van der Waals surface area (Å²) in [6, 6.07) is 11.2. The Morgan fingerprint density at radius 3 is 2.72 bits per heavy atom. The van der Waals surface area contributed by atoms with E-state index in [1.54, 1.807) is 30.6 Å². The lowest BCUT2D eigenvalue weighted by Gasteiger charge is -2.12. The highest BCUT2D eigenvalue weighted by Crippen LogP contribution is 2.36. The minimum Gasteiger partial charge on any atom is -0.453 e. The van der Waals surface area contributed by atoms with Gasteiger partial charge in [0, 0.05) is 34.7 Å². The molecule has 6 nitrogen and oxygen atoms in total. The van der Waals surface area contributed by atoms with Crippen molar-refractivity contribution >= 4 is 28.9 Å². The van der Waals surface area contributed by atoms with Gasteiger partial charge in [0.2, 0.25) is 11.8 Å². The van der Waals surface area contributed by atoms with Gasteiger partial charge in [-0.2, -0.15) is 0 Å². The summed E-state index contributed by atoms with van der Waals surface area (Å²) >= 11 is 12.1. The fourth-order valence-corrected chi connectivity index (χ4v) is 3.08. The molecule has 0 saturated carbocycles. The second kappa shape index (κ2) is 8.06. The van der Waals surface area contributed by atoms with Gasteiger partial charge in [-0.1, -0.05) is 29.3 Å². The SMILES string of the molecule is Nc1cc(Cl)cc(Oc2c(Cl)ccc(Cc3nnc(-c4cccnc4)o3)c2F)c1. The van der Waals surface area contributed by atoms with Gasteiger partial charge in [-0.25, -0.2) is 4.39 Å². The average Bonchev–Trinajstić information content (AvgIpc) is 3.16. The number of aromatic nitrogens is 3. The minimum absolute atomic E-state index is 0.0598. The number of pyridine rings is 1. The van der Waals surface area contributed by atoms with Crippen LogP contribution in [0.2, 0.25) is 10.0 Å². The third-order valence-electron chi connectivity index (χ3n) is 3.96. The van der Waals surface area contributed by atoms with E-state index >= 15 is 4.39 Å². The van der Waals surface area contributed by atoms with E-state index in [-0.39, 0.29) is 34.4 Å². The van der Waals surface area contributed by atoms with Gasteiger partial charge >= 0.3 is 0 Å². The van der Waals surface area contributed by atoms with Gasteiger partial charge in [-0.05, 0) is 30.3 Å². The Balaban J connectivity index is 1.61. The second-order valence-electron chi connectivity index (χ2n) is 6.09. The normalized spacial score (nSPS) is 10.9. The Labute approximate surface area is 175 Å². The molecule has 9 heteroatoms. The molecule has 0 bridgehead atoms. The summed E-state index contributed by atoms with van der Waals surface area (Å²) in [7, 11) is 0. The molecule has 0 saturated heterocycles. The van der Waals surface area contributed by atoms with Crippen LogP contribution in [0.4, 0.5) is 10.1 Å². The van der Waals surface area contributed by atoms with Crippen LogP contribution in [0.3, 0.4) is 0 Å². The predicted octanol–water partition coefficient (Wildman–Crippen LogP) is 5.54. The van der Waals surface area contributed by atoms with Crippen molar-refractivity contribution in [1.82, 2.24) is 15.2 Å². The quantitative estimate of drug-likeness (QED) is 0.418. The molecule has 0 unspecified atom stereocenters. The number of nitrogens with zero attached hydrogens (tertiary/aromatic N) is 3. The van der Waals surface area contributed by atoms with Crippen LogP contribution in [-0.4, -0.2) is 15.2 Å². The number of nitrogens with two attached hydrogens (primary N) is 1. The minimum atomic E-state index is -0.642. The predicted molar refractivity (Wildman–Crippen MR) is 108 cm³/mol. The van der Waals surface area contributed by atoms with Crippen molar-refractivity contribution in [1.29, 1.82) is 0 Å². The first-order chi connectivity index (χ1) is 14.0. The van der Waals surface area contributed by atoms with Crippen molar-refractivity contribution in [2.45, 2.75) is 6.42 Å². The molecule has 2 aromatic heterocycles.